The van der Waals surface area contributed by atoms with Gasteiger partial charge in [0.05, 0.1) is 12.6 Å². The summed E-state index contributed by atoms with van der Waals surface area (Å²) in [4.78, 5) is 22.3. The van der Waals surface area contributed by atoms with E-state index in [2.05, 4.69) is 15.1 Å². The molecule has 0 radical (unpaired) electrons. The van der Waals surface area contributed by atoms with Gasteiger partial charge in [-0.25, -0.2) is 9.67 Å². The molecule has 0 aliphatic heterocycles. The number of hydrogen-bond acceptors (Lipinski definition) is 5. The number of carbonyl (C=O) groups excluding carboxylic acids is 1. The smallest absolute Gasteiger partial charge is 0.252 e. The summed E-state index contributed by atoms with van der Waals surface area (Å²) in [5, 5.41) is 4.27. The number of carbonyl (C=O) groups is 1. The lowest BCUT2D eigenvalue weighted by atomic mass is 10.2. The number of pyridine rings is 1. The highest BCUT2D eigenvalue weighted by Gasteiger charge is 2.24. The van der Waals surface area contributed by atoms with Gasteiger partial charge in [0, 0.05) is 43.9 Å². The van der Waals surface area contributed by atoms with Crippen LogP contribution in [0.5, 0.6) is 0 Å². The van der Waals surface area contributed by atoms with Crippen LogP contribution in [0.4, 0.5) is 5.69 Å². The van der Waals surface area contributed by atoms with Crippen LogP contribution in [0.1, 0.15) is 18.4 Å². The molecule has 0 unspecified atom stereocenters. The summed E-state index contributed by atoms with van der Waals surface area (Å²) in [5.74, 6) is 0.879. The fourth-order valence-electron chi connectivity index (χ4n) is 2.48. The van der Waals surface area contributed by atoms with Crippen LogP contribution in [-0.4, -0.2) is 40.6 Å². The number of amides is 1. The van der Waals surface area contributed by atoms with Crippen LogP contribution in [0.25, 0.3) is 5.82 Å². The first-order valence-electron chi connectivity index (χ1n) is 8.43. The Balaban J connectivity index is 1.67. The Labute approximate surface area is 152 Å². The third kappa shape index (κ3) is 4.47. The Morgan fingerprint density at radius 2 is 2.19 bits per heavy atom. The van der Waals surface area contributed by atoms with Gasteiger partial charge in [-0.3, -0.25) is 4.79 Å². The van der Waals surface area contributed by atoms with Gasteiger partial charge in [0.2, 0.25) is 0 Å². The molecule has 0 atom stereocenters. The molecule has 1 aliphatic carbocycles. The minimum absolute atomic E-state index is 0.116. The zero-order valence-electron chi connectivity index (χ0n) is 15.0. The second-order valence-electron chi connectivity index (χ2n) is 6.59. The Bertz CT molecular complexity index is 862. The molecule has 1 aliphatic rings. The number of aliphatic imine (C=N–C) groups is 1. The van der Waals surface area contributed by atoms with Crippen molar-refractivity contribution >= 4 is 17.4 Å². The van der Waals surface area contributed by atoms with Gasteiger partial charge in [-0.2, -0.15) is 10.1 Å². The summed E-state index contributed by atoms with van der Waals surface area (Å²) in [6, 6.07) is 3.83. The molecule has 8 nitrogen and oxygen atoms in total. The van der Waals surface area contributed by atoms with Crippen LogP contribution < -0.4 is 16.4 Å². The predicted molar refractivity (Wildman–Crippen MR) is 101 cm³/mol. The van der Waals surface area contributed by atoms with Gasteiger partial charge in [0.1, 0.15) is 5.84 Å². The molecule has 1 amide bonds. The van der Waals surface area contributed by atoms with E-state index >= 15 is 0 Å². The van der Waals surface area contributed by atoms with E-state index in [4.69, 9.17) is 11.5 Å². The van der Waals surface area contributed by atoms with E-state index in [1.165, 1.54) is 0 Å². The van der Waals surface area contributed by atoms with Gasteiger partial charge in [0.15, 0.2) is 5.82 Å². The first-order chi connectivity index (χ1) is 12.4. The maximum absolute atomic E-state index is 12.1. The van der Waals surface area contributed by atoms with Gasteiger partial charge in [-0.1, -0.05) is 0 Å². The van der Waals surface area contributed by atoms with Crippen LogP contribution in [0.2, 0.25) is 0 Å². The molecular formula is C18H23N7O. The van der Waals surface area contributed by atoms with Crippen molar-refractivity contribution in [1.29, 1.82) is 0 Å². The van der Waals surface area contributed by atoms with Gasteiger partial charge in [0.25, 0.3) is 5.91 Å². The number of hydrogen-bond donors (Lipinski definition) is 2. The lowest BCUT2D eigenvalue weighted by molar-refractivity contribution is -0.117. The highest BCUT2D eigenvalue weighted by atomic mass is 16.1. The second kappa shape index (κ2) is 7.38. The number of allylic oxidation sites excluding steroid dienone is 1. The van der Waals surface area contributed by atoms with Crippen molar-refractivity contribution in [2.24, 2.45) is 22.4 Å². The maximum atomic E-state index is 12.1. The van der Waals surface area contributed by atoms with E-state index in [9.17, 15) is 4.79 Å². The van der Waals surface area contributed by atoms with Crippen molar-refractivity contribution in [3.05, 3.63) is 48.1 Å². The molecule has 2 aromatic rings. The molecular weight excluding hydrogens is 330 g/mol. The SMILES string of the molecule is CN(C)c1ccnc(-n2cc(CC(=O)N=C(N)/C=C(\N)C3CC3)cn2)c1. The molecule has 0 aromatic carbocycles. The first kappa shape index (κ1) is 17.7. The summed E-state index contributed by atoms with van der Waals surface area (Å²) in [5.41, 5.74) is 14.1. The van der Waals surface area contributed by atoms with Crippen molar-refractivity contribution in [3.63, 3.8) is 0 Å². The average Bonchev–Trinajstić information content (AvgIpc) is 3.35. The van der Waals surface area contributed by atoms with E-state index in [0.29, 0.717) is 17.4 Å². The highest BCUT2D eigenvalue weighted by molar-refractivity contribution is 6.00. The molecule has 4 N–H and O–H groups in total. The molecule has 26 heavy (non-hydrogen) atoms. The van der Waals surface area contributed by atoms with Crippen molar-refractivity contribution in [1.82, 2.24) is 14.8 Å². The molecule has 2 aromatic heterocycles. The number of nitrogens with two attached hydrogens (primary N) is 2. The fourth-order valence-corrected chi connectivity index (χ4v) is 2.48. The van der Waals surface area contributed by atoms with Crippen molar-refractivity contribution in [2.45, 2.75) is 19.3 Å². The van der Waals surface area contributed by atoms with E-state index in [1.807, 2.05) is 31.1 Å². The van der Waals surface area contributed by atoms with Gasteiger partial charge < -0.3 is 16.4 Å². The largest absolute Gasteiger partial charge is 0.402 e. The van der Waals surface area contributed by atoms with Gasteiger partial charge in [-0.15, -0.1) is 0 Å². The standard InChI is InChI=1S/C18H23N7O/c1-24(2)14-5-6-21-17(8-14)25-11-12(10-22-25)7-18(26)23-16(20)9-15(19)13-3-4-13/h5-6,8-11,13H,3-4,7,19H2,1-2H3,(H2,20,23,26)/b15-9-. The van der Waals surface area contributed by atoms with Crippen molar-refractivity contribution < 1.29 is 4.79 Å². The van der Waals surface area contributed by atoms with Crippen LogP contribution in [0.3, 0.4) is 0 Å². The molecule has 8 heteroatoms. The molecule has 0 bridgehead atoms. The number of amidine groups is 1. The normalized spacial score (nSPS) is 15.2. The average molecular weight is 353 g/mol. The Kier molecular flexibility index (Phi) is 5.01. The molecule has 2 heterocycles. The van der Waals surface area contributed by atoms with Gasteiger partial charge in [-0.05, 0) is 36.5 Å². The lowest BCUT2D eigenvalue weighted by Gasteiger charge is -2.12. The predicted octanol–water partition coefficient (Wildman–Crippen LogP) is 1.01. The summed E-state index contributed by atoms with van der Waals surface area (Å²) < 4.78 is 1.63. The Morgan fingerprint density at radius 3 is 2.88 bits per heavy atom. The third-order valence-corrected chi connectivity index (χ3v) is 4.09. The van der Waals surface area contributed by atoms with Crippen LogP contribution in [0, 0.1) is 5.92 Å². The topological polar surface area (TPSA) is 115 Å². The number of anilines is 1. The Morgan fingerprint density at radius 1 is 1.42 bits per heavy atom. The van der Waals surface area contributed by atoms with Gasteiger partial charge >= 0.3 is 0 Å². The minimum atomic E-state index is -0.336. The van der Waals surface area contributed by atoms with Crippen LogP contribution in [-0.2, 0) is 11.2 Å². The molecule has 136 valence electrons. The minimum Gasteiger partial charge on any atom is -0.402 e. The quantitative estimate of drug-likeness (QED) is 0.591. The van der Waals surface area contributed by atoms with Crippen molar-refractivity contribution in [2.75, 3.05) is 19.0 Å². The lowest BCUT2D eigenvalue weighted by Crippen LogP contribution is -2.15. The molecule has 1 saturated carbocycles. The highest BCUT2D eigenvalue weighted by Crippen LogP contribution is 2.33. The number of rotatable bonds is 6. The monoisotopic (exact) mass is 353 g/mol. The third-order valence-electron chi connectivity index (χ3n) is 4.09. The van der Waals surface area contributed by atoms with Crippen molar-refractivity contribution in [3.8, 4) is 5.82 Å². The fraction of sp³-hybridized carbons (Fsp3) is 0.333. The maximum Gasteiger partial charge on any atom is 0.252 e. The van der Waals surface area contributed by atoms with E-state index in [-0.39, 0.29) is 18.2 Å². The van der Waals surface area contributed by atoms with Crippen LogP contribution in [0.15, 0.2) is 47.5 Å². The zero-order chi connectivity index (χ0) is 18.7. The summed E-state index contributed by atoms with van der Waals surface area (Å²) in [7, 11) is 3.91. The first-order valence-corrected chi connectivity index (χ1v) is 8.43. The second-order valence-corrected chi connectivity index (χ2v) is 6.59. The number of aromatic nitrogens is 3. The molecule has 1 fully saturated rings. The van der Waals surface area contributed by atoms with E-state index in [1.54, 1.807) is 29.3 Å². The molecule has 3 rings (SSSR count). The number of nitrogens with zero attached hydrogens (tertiary/aromatic N) is 5. The van der Waals surface area contributed by atoms with Crippen LogP contribution >= 0.6 is 0 Å². The summed E-state index contributed by atoms with van der Waals surface area (Å²) >= 11 is 0. The summed E-state index contributed by atoms with van der Waals surface area (Å²) in [6.45, 7) is 0. The molecule has 0 spiro atoms. The zero-order valence-corrected chi connectivity index (χ0v) is 15.0. The molecule has 0 saturated heterocycles. The Hall–Kier alpha value is -3.16. The van der Waals surface area contributed by atoms with E-state index < -0.39 is 0 Å². The van der Waals surface area contributed by atoms with E-state index in [0.717, 1.165) is 24.1 Å². The summed E-state index contributed by atoms with van der Waals surface area (Å²) in [6.07, 6.45) is 8.96.